The molecular formula is C14H21ClN2S2. The molecule has 2 heterocycles. The lowest BCUT2D eigenvalue weighted by Crippen LogP contribution is -2.23. The van der Waals surface area contributed by atoms with Gasteiger partial charge in [0.25, 0.3) is 0 Å². The highest BCUT2D eigenvalue weighted by molar-refractivity contribution is 8.07. The lowest BCUT2D eigenvalue weighted by molar-refractivity contribution is 0.796. The molecule has 0 aromatic carbocycles. The molecule has 1 fully saturated rings. The van der Waals surface area contributed by atoms with Gasteiger partial charge in [-0.25, -0.2) is 9.97 Å². The van der Waals surface area contributed by atoms with E-state index in [4.69, 9.17) is 16.6 Å². The smallest absolute Gasteiger partial charge is 0.144 e. The number of thioether (sulfide) groups is 2. The van der Waals surface area contributed by atoms with E-state index in [0.717, 1.165) is 22.8 Å². The molecule has 1 saturated heterocycles. The van der Waals surface area contributed by atoms with Crippen molar-refractivity contribution in [3.63, 3.8) is 0 Å². The summed E-state index contributed by atoms with van der Waals surface area (Å²) in [5.74, 6) is 2.35. The summed E-state index contributed by atoms with van der Waals surface area (Å²) in [5, 5.41) is 2.34. The summed E-state index contributed by atoms with van der Waals surface area (Å²) in [5.41, 5.74) is 2.11. The largest absolute Gasteiger partial charge is 0.237 e. The maximum Gasteiger partial charge on any atom is 0.144 e. The van der Waals surface area contributed by atoms with Crippen LogP contribution in [0, 0.1) is 6.92 Å². The SMILES string of the molecule is Cc1nc(C2CSC(C)C(C)S2)nc(Cl)c1C(C)C. The first-order valence-corrected chi connectivity index (χ1v) is 9.08. The van der Waals surface area contributed by atoms with Crippen LogP contribution in [-0.2, 0) is 0 Å². The highest BCUT2D eigenvalue weighted by Gasteiger charge is 2.29. The van der Waals surface area contributed by atoms with Gasteiger partial charge >= 0.3 is 0 Å². The van der Waals surface area contributed by atoms with Gasteiger partial charge < -0.3 is 0 Å². The number of aryl methyl sites for hydroxylation is 1. The Labute approximate surface area is 129 Å². The van der Waals surface area contributed by atoms with Crippen molar-refractivity contribution in [2.45, 2.75) is 56.3 Å². The van der Waals surface area contributed by atoms with Crippen molar-refractivity contribution in [3.05, 3.63) is 22.2 Å². The van der Waals surface area contributed by atoms with Gasteiger partial charge in [0.05, 0.1) is 5.25 Å². The average Bonchev–Trinajstić information content (AvgIpc) is 2.31. The first-order chi connectivity index (χ1) is 8.90. The van der Waals surface area contributed by atoms with E-state index in [1.807, 2.05) is 30.4 Å². The minimum atomic E-state index is 0.369. The number of hydrogen-bond donors (Lipinski definition) is 0. The maximum atomic E-state index is 6.35. The van der Waals surface area contributed by atoms with Crippen molar-refractivity contribution in [1.82, 2.24) is 9.97 Å². The Balaban J connectivity index is 2.27. The fourth-order valence-electron chi connectivity index (χ4n) is 2.29. The molecule has 106 valence electrons. The molecular weight excluding hydrogens is 296 g/mol. The molecule has 3 atom stereocenters. The fourth-order valence-corrected chi connectivity index (χ4v) is 5.57. The maximum absolute atomic E-state index is 6.35. The van der Waals surface area contributed by atoms with E-state index in [2.05, 4.69) is 32.7 Å². The molecule has 19 heavy (non-hydrogen) atoms. The Morgan fingerprint density at radius 3 is 2.42 bits per heavy atom. The number of rotatable bonds is 2. The van der Waals surface area contributed by atoms with E-state index < -0.39 is 0 Å². The number of hydrogen-bond acceptors (Lipinski definition) is 4. The van der Waals surface area contributed by atoms with Gasteiger partial charge in [0.2, 0.25) is 0 Å². The Bertz CT molecular complexity index is 442. The lowest BCUT2D eigenvalue weighted by atomic mass is 10.0. The third-order valence-corrected chi connectivity index (χ3v) is 7.20. The van der Waals surface area contributed by atoms with Crippen LogP contribution in [0.1, 0.15) is 55.9 Å². The first kappa shape index (κ1) is 15.5. The second-order valence-corrected chi connectivity index (χ2v) is 8.75. The van der Waals surface area contributed by atoms with E-state index in [9.17, 15) is 0 Å². The summed E-state index contributed by atoms with van der Waals surface area (Å²) in [6, 6.07) is 0. The topological polar surface area (TPSA) is 25.8 Å². The Morgan fingerprint density at radius 1 is 1.21 bits per heavy atom. The molecule has 2 nitrogen and oxygen atoms in total. The summed E-state index contributed by atoms with van der Waals surface area (Å²) >= 11 is 10.3. The van der Waals surface area contributed by atoms with Gasteiger partial charge in [0.1, 0.15) is 11.0 Å². The average molecular weight is 317 g/mol. The summed E-state index contributed by atoms with van der Waals surface area (Å²) in [6.07, 6.45) is 0. The second kappa shape index (κ2) is 6.23. The quantitative estimate of drug-likeness (QED) is 0.728. The van der Waals surface area contributed by atoms with Crippen molar-refractivity contribution < 1.29 is 0 Å². The lowest BCUT2D eigenvalue weighted by Gasteiger charge is -2.30. The van der Waals surface area contributed by atoms with Gasteiger partial charge in [-0.1, -0.05) is 39.3 Å². The summed E-state index contributed by atoms with van der Waals surface area (Å²) in [6.45, 7) is 10.9. The minimum absolute atomic E-state index is 0.369. The Morgan fingerprint density at radius 2 is 1.89 bits per heavy atom. The van der Waals surface area contributed by atoms with E-state index in [1.165, 1.54) is 0 Å². The second-order valence-electron chi connectivity index (χ2n) is 5.39. The molecule has 0 aliphatic carbocycles. The zero-order valence-corrected chi connectivity index (χ0v) is 14.5. The minimum Gasteiger partial charge on any atom is -0.237 e. The Kier molecular flexibility index (Phi) is 5.07. The van der Waals surface area contributed by atoms with Crippen LogP contribution in [0.2, 0.25) is 5.15 Å². The van der Waals surface area contributed by atoms with Gasteiger partial charge in [-0.05, 0) is 12.8 Å². The van der Waals surface area contributed by atoms with Gasteiger partial charge in [0.15, 0.2) is 0 Å². The van der Waals surface area contributed by atoms with Crippen LogP contribution in [0.4, 0.5) is 0 Å². The van der Waals surface area contributed by atoms with Crippen LogP contribution in [0.25, 0.3) is 0 Å². The molecule has 2 rings (SSSR count). The third kappa shape index (κ3) is 3.40. The molecule has 1 aliphatic rings. The molecule has 0 radical (unpaired) electrons. The molecule has 0 bridgehead atoms. The van der Waals surface area contributed by atoms with Crippen molar-refractivity contribution >= 4 is 35.1 Å². The Hall–Kier alpha value is 0.0700. The molecule has 3 unspecified atom stereocenters. The highest BCUT2D eigenvalue weighted by Crippen LogP contribution is 2.43. The van der Waals surface area contributed by atoms with Crippen LogP contribution in [0.15, 0.2) is 0 Å². The predicted octanol–water partition coefficient (Wildman–Crippen LogP) is 4.86. The van der Waals surface area contributed by atoms with Gasteiger partial charge in [0, 0.05) is 27.5 Å². The van der Waals surface area contributed by atoms with Crippen molar-refractivity contribution in [3.8, 4) is 0 Å². The van der Waals surface area contributed by atoms with Gasteiger partial charge in [-0.3, -0.25) is 0 Å². The molecule has 0 spiro atoms. The van der Waals surface area contributed by atoms with E-state index in [0.29, 0.717) is 26.8 Å². The fraction of sp³-hybridized carbons (Fsp3) is 0.714. The van der Waals surface area contributed by atoms with Crippen LogP contribution in [0.5, 0.6) is 0 Å². The van der Waals surface area contributed by atoms with Crippen LogP contribution >= 0.6 is 35.1 Å². The molecule has 0 N–H and O–H groups in total. The van der Waals surface area contributed by atoms with Crippen LogP contribution < -0.4 is 0 Å². The summed E-state index contributed by atoms with van der Waals surface area (Å²) in [7, 11) is 0. The van der Waals surface area contributed by atoms with Crippen LogP contribution in [0.3, 0.4) is 0 Å². The number of nitrogens with zero attached hydrogens (tertiary/aromatic N) is 2. The molecule has 1 aromatic heterocycles. The van der Waals surface area contributed by atoms with Crippen molar-refractivity contribution in [2.75, 3.05) is 5.75 Å². The zero-order valence-electron chi connectivity index (χ0n) is 12.1. The summed E-state index contributed by atoms with van der Waals surface area (Å²) in [4.78, 5) is 9.27. The van der Waals surface area contributed by atoms with E-state index >= 15 is 0 Å². The van der Waals surface area contributed by atoms with Crippen molar-refractivity contribution in [1.29, 1.82) is 0 Å². The van der Waals surface area contributed by atoms with E-state index in [-0.39, 0.29) is 0 Å². The first-order valence-electron chi connectivity index (χ1n) is 6.71. The molecule has 5 heteroatoms. The van der Waals surface area contributed by atoms with Gasteiger partial charge in [-0.15, -0.1) is 11.8 Å². The standard InChI is InChI=1S/C14H21ClN2S2/c1-7(2)12-8(3)16-14(17-13(12)15)11-6-18-9(4)10(5)19-11/h7,9-11H,6H2,1-5H3. The number of aromatic nitrogens is 2. The third-order valence-electron chi connectivity index (χ3n) is 3.52. The molecule has 0 amide bonds. The molecule has 1 aromatic rings. The molecule has 1 aliphatic heterocycles. The monoisotopic (exact) mass is 316 g/mol. The summed E-state index contributed by atoms with van der Waals surface area (Å²) < 4.78 is 0. The van der Waals surface area contributed by atoms with Gasteiger partial charge in [-0.2, -0.15) is 11.8 Å². The van der Waals surface area contributed by atoms with E-state index in [1.54, 1.807) is 0 Å². The van der Waals surface area contributed by atoms with Crippen molar-refractivity contribution in [2.24, 2.45) is 0 Å². The predicted molar refractivity (Wildman–Crippen MR) is 87.6 cm³/mol. The molecule has 0 saturated carbocycles. The zero-order chi connectivity index (χ0) is 14.2. The number of halogens is 1. The normalized spacial score (nSPS) is 27.8. The highest BCUT2D eigenvalue weighted by atomic mass is 35.5. The van der Waals surface area contributed by atoms with Crippen LogP contribution in [-0.4, -0.2) is 26.2 Å².